The zero-order valence-corrected chi connectivity index (χ0v) is 34.0. The van der Waals surface area contributed by atoms with Crippen LogP contribution in [0.4, 0.5) is 10.3 Å². The molecule has 308 valence electrons. The summed E-state index contributed by atoms with van der Waals surface area (Å²) in [4.78, 5) is 51.4. The van der Waals surface area contributed by atoms with E-state index in [2.05, 4.69) is 57.8 Å². The Morgan fingerprint density at radius 1 is 1.02 bits per heavy atom. The minimum Gasteiger partial charge on any atom is -0.381 e. The molecule has 3 aromatic carbocycles. The smallest absolute Gasteiger partial charge is 0.381 e. The first-order valence-electron chi connectivity index (χ1n) is 20.7. The number of hydrogen-bond acceptors (Lipinski definition) is 9. The summed E-state index contributed by atoms with van der Waals surface area (Å²) in [7, 11) is 1.91. The number of nitrogens with one attached hydrogen (secondary N) is 2. The molecular weight excluding hydrogens is 766 g/mol. The quantitative estimate of drug-likeness (QED) is 0.178. The van der Waals surface area contributed by atoms with Gasteiger partial charge in [-0.3, -0.25) is 23.8 Å². The summed E-state index contributed by atoms with van der Waals surface area (Å²) >= 11 is 0. The van der Waals surface area contributed by atoms with E-state index in [4.69, 9.17) is 14.2 Å². The van der Waals surface area contributed by atoms with Crippen molar-refractivity contribution < 1.29 is 18.4 Å². The van der Waals surface area contributed by atoms with Gasteiger partial charge < -0.3 is 19.5 Å². The van der Waals surface area contributed by atoms with Crippen LogP contribution in [0.25, 0.3) is 27.5 Å². The van der Waals surface area contributed by atoms with Crippen LogP contribution in [-0.2, 0) is 36.7 Å². The molecule has 0 spiro atoms. The number of H-pyrrole nitrogens is 1. The van der Waals surface area contributed by atoms with Crippen molar-refractivity contribution in [3.8, 4) is 5.69 Å². The summed E-state index contributed by atoms with van der Waals surface area (Å²) < 4.78 is 30.9. The number of anilines is 1. The van der Waals surface area contributed by atoms with E-state index in [1.54, 1.807) is 30.9 Å². The van der Waals surface area contributed by atoms with Crippen LogP contribution in [0.2, 0.25) is 0 Å². The number of aromatic nitrogens is 7. The third-order valence-electron chi connectivity index (χ3n) is 13.0. The fourth-order valence-corrected chi connectivity index (χ4v) is 9.60. The maximum absolute atomic E-state index is 15.0. The highest BCUT2D eigenvalue weighted by atomic mass is 19.1. The Morgan fingerprint density at radius 2 is 1.78 bits per heavy atom. The van der Waals surface area contributed by atoms with E-state index in [0.29, 0.717) is 84.1 Å². The third kappa shape index (κ3) is 6.25. The third-order valence-corrected chi connectivity index (χ3v) is 13.0. The number of halogens is 1. The Kier molecular flexibility index (Phi) is 9.11. The number of rotatable bonds is 9. The van der Waals surface area contributed by atoms with Crippen LogP contribution in [0, 0.1) is 25.6 Å². The number of amides is 1. The first-order valence-corrected chi connectivity index (χ1v) is 20.7. The van der Waals surface area contributed by atoms with Gasteiger partial charge in [0.1, 0.15) is 17.1 Å². The molecule has 0 bridgehead atoms. The lowest BCUT2D eigenvalue weighted by atomic mass is 9.91. The molecule has 60 heavy (non-hydrogen) atoms. The standard InChI is InChI=1S/C45H46FN9O5/c1-25-17-33(18-26(2)39(25)46)54-40(56)34-10-14-53(24-35(34)49-43(54)47-13-9-28-5-7-36-32(19-28)23-48-52(36)4)41(57)38-21-31-20-30(29-11-15-59-16-12-29)6-8-37(31)55(38)45(22-27(45)3)42-50-44(58)60-51-42/h5-8,17-21,23,27,29H,9-16,22,24H2,1-4H3,(H,47,49)(H,50,51,58). The van der Waals surface area contributed by atoms with E-state index in [0.717, 1.165) is 40.2 Å². The lowest BCUT2D eigenvalue weighted by Gasteiger charge is -2.30. The van der Waals surface area contributed by atoms with Gasteiger partial charge in [-0.1, -0.05) is 24.2 Å². The first-order chi connectivity index (χ1) is 29.0. The summed E-state index contributed by atoms with van der Waals surface area (Å²) in [6, 6.07) is 17.9. The lowest BCUT2D eigenvalue weighted by molar-refractivity contribution is 0.0717. The lowest BCUT2D eigenvalue weighted by Crippen LogP contribution is -2.42. The number of ether oxygens (including phenoxy) is 1. The van der Waals surface area contributed by atoms with Gasteiger partial charge in [-0.05, 0) is 123 Å². The molecule has 6 heterocycles. The molecule has 2 aliphatic heterocycles. The normalized spacial score (nSPS) is 19.3. The zero-order chi connectivity index (χ0) is 41.4. The molecule has 2 fully saturated rings. The van der Waals surface area contributed by atoms with Gasteiger partial charge in [-0.25, -0.2) is 18.7 Å². The number of hydrogen-bond donors (Lipinski definition) is 2. The molecule has 7 aromatic rings. The fraction of sp³-hybridized carbons (Fsp3) is 0.378. The number of benzene rings is 3. The summed E-state index contributed by atoms with van der Waals surface area (Å²) in [5, 5.41) is 13.9. The SMILES string of the molecule is Cc1cc(-n2c(NCCc3ccc4c(cnn4C)c3)nc3c(c2=O)CCN(C(=O)c2cc4cc(C5CCOCC5)ccc4n2C2(c4noc(=O)[nH]4)CC2C)C3)cc(C)c1F. The highest BCUT2D eigenvalue weighted by Gasteiger charge is 2.59. The predicted molar refractivity (Wildman–Crippen MR) is 223 cm³/mol. The van der Waals surface area contributed by atoms with Crippen molar-refractivity contribution in [2.24, 2.45) is 13.0 Å². The fourth-order valence-electron chi connectivity index (χ4n) is 9.60. The second-order valence-corrected chi connectivity index (χ2v) is 16.8. The molecule has 1 aliphatic carbocycles. The van der Waals surface area contributed by atoms with Crippen molar-refractivity contribution in [3.05, 3.63) is 133 Å². The van der Waals surface area contributed by atoms with Gasteiger partial charge >= 0.3 is 5.76 Å². The average molecular weight is 812 g/mol. The van der Waals surface area contributed by atoms with Gasteiger partial charge in [0.05, 0.1) is 29.6 Å². The number of fused-ring (bicyclic) bond motifs is 3. The monoisotopic (exact) mass is 811 g/mol. The van der Waals surface area contributed by atoms with Gasteiger partial charge in [-0.2, -0.15) is 5.10 Å². The van der Waals surface area contributed by atoms with Crippen LogP contribution in [0.5, 0.6) is 0 Å². The summed E-state index contributed by atoms with van der Waals surface area (Å²) in [5.74, 6) is -0.0765. The Hall–Kier alpha value is -6.35. The summed E-state index contributed by atoms with van der Waals surface area (Å²) in [6.45, 7) is 7.72. The van der Waals surface area contributed by atoms with Crippen LogP contribution < -0.4 is 16.6 Å². The Labute approximate surface area is 344 Å². The highest BCUT2D eigenvalue weighted by molar-refractivity contribution is 5.99. The number of aromatic amines is 1. The van der Waals surface area contributed by atoms with Crippen LogP contribution >= 0.6 is 0 Å². The zero-order valence-electron chi connectivity index (χ0n) is 34.0. The van der Waals surface area contributed by atoms with Crippen molar-refractivity contribution in [3.63, 3.8) is 0 Å². The second-order valence-electron chi connectivity index (χ2n) is 16.8. The Balaban J connectivity index is 1.02. The molecule has 1 amide bonds. The number of carbonyl (C=O) groups excluding carboxylic acids is 1. The van der Waals surface area contributed by atoms with Gasteiger partial charge in [0.2, 0.25) is 5.95 Å². The Morgan fingerprint density at radius 3 is 2.52 bits per heavy atom. The van der Waals surface area contributed by atoms with Gasteiger partial charge in [-0.15, -0.1) is 0 Å². The maximum Gasteiger partial charge on any atom is 0.438 e. The predicted octanol–water partition coefficient (Wildman–Crippen LogP) is 6.04. The van der Waals surface area contributed by atoms with Crippen LogP contribution in [-0.4, -0.2) is 71.1 Å². The summed E-state index contributed by atoms with van der Waals surface area (Å²) in [6.07, 6.45) is 5.27. The molecule has 1 saturated heterocycles. The molecule has 15 heteroatoms. The molecule has 2 unspecified atom stereocenters. The molecule has 2 N–H and O–H groups in total. The second kappa shape index (κ2) is 14.4. The topological polar surface area (TPSA) is 158 Å². The number of aryl methyl sites for hydroxylation is 3. The van der Waals surface area contributed by atoms with Gasteiger partial charge in [0.15, 0.2) is 5.82 Å². The van der Waals surface area contributed by atoms with E-state index >= 15 is 0 Å². The molecule has 14 nitrogen and oxygen atoms in total. The minimum atomic E-state index is -0.789. The van der Waals surface area contributed by atoms with E-state index in [1.807, 2.05) is 34.6 Å². The molecule has 2 atom stereocenters. The van der Waals surface area contributed by atoms with E-state index in [-0.39, 0.29) is 42.7 Å². The Bertz CT molecular complexity index is 2950. The van der Waals surface area contributed by atoms with Crippen molar-refractivity contribution in [2.45, 2.75) is 70.9 Å². The van der Waals surface area contributed by atoms with Gasteiger partial charge in [0.25, 0.3) is 11.5 Å². The summed E-state index contributed by atoms with van der Waals surface area (Å²) in [5.41, 5.74) is 5.99. The molecule has 1 saturated carbocycles. The number of carbonyl (C=O) groups is 1. The largest absolute Gasteiger partial charge is 0.438 e. The van der Waals surface area contributed by atoms with Gasteiger partial charge in [0, 0.05) is 55.2 Å². The minimum absolute atomic E-state index is 0.0522. The van der Waals surface area contributed by atoms with Crippen molar-refractivity contribution in [1.29, 1.82) is 0 Å². The van der Waals surface area contributed by atoms with Crippen molar-refractivity contribution in [2.75, 3.05) is 31.6 Å². The molecule has 0 radical (unpaired) electrons. The van der Waals surface area contributed by atoms with Crippen LogP contribution in [0.1, 0.15) is 81.9 Å². The molecule has 3 aliphatic rings. The number of nitrogens with zero attached hydrogens (tertiary/aromatic N) is 7. The van der Waals surface area contributed by atoms with Crippen LogP contribution in [0.15, 0.2) is 74.9 Å². The van der Waals surface area contributed by atoms with E-state index < -0.39 is 11.3 Å². The first kappa shape index (κ1) is 37.9. The molecule has 10 rings (SSSR count). The highest BCUT2D eigenvalue weighted by Crippen LogP contribution is 2.56. The molecular formula is C45H46FN9O5. The van der Waals surface area contributed by atoms with E-state index in [9.17, 15) is 18.8 Å². The van der Waals surface area contributed by atoms with E-state index in [1.165, 1.54) is 10.1 Å². The molecule has 4 aromatic heterocycles. The van der Waals surface area contributed by atoms with Crippen molar-refractivity contribution in [1.82, 2.24) is 38.9 Å². The average Bonchev–Trinajstić information content (AvgIpc) is 3.56. The maximum atomic E-state index is 15.0. The van der Waals surface area contributed by atoms with Crippen molar-refractivity contribution >= 4 is 33.7 Å². The van der Waals surface area contributed by atoms with Crippen LogP contribution in [0.3, 0.4) is 0 Å².